The summed E-state index contributed by atoms with van der Waals surface area (Å²) in [5.41, 5.74) is 14.1. The van der Waals surface area contributed by atoms with E-state index < -0.39 is 0 Å². The van der Waals surface area contributed by atoms with Gasteiger partial charge in [0.2, 0.25) is 0 Å². The van der Waals surface area contributed by atoms with Crippen LogP contribution in [-0.2, 0) is 37.9 Å². The zero-order chi connectivity index (χ0) is 34.1. The van der Waals surface area contributed by atoms with Crippen LogP contribution in [0.4, 0.5) is 0 Å². The van der Waals surface area contributed by atoms with Crippen LogP contribution in [0, 0.1) is 0 Å². The molecular weight excluding hydrogens is 516 g/mol. The van der Waals surface area contributed by atoms with E-state index in [0.29, 0.717) is 5.92 Å². The quantitative estimate of drug-likeness (QED) is 0.334. The van der Waals surface area contributed by atoms with E-state index in [1.807, 2.05) is 0 Å². The zero-order valence-electron chi connectivity index (χ0n) is 33.0. The summed E-state index contributed by atoms with van der Waals surface area (Å²) >= 11 is 0. The SMILES string of the molecule is CCC(c1cc(C(C)(C)C)cc(C(C)(C)C)c1)c1c(C(C)(C)C)c(C(C)(C)C)c(C(C)(C)C)c(C(C)(C)C)c1C(C)(C)C. The molecule has 0 heteroatoms. The van der Waals surface area contributed by atoms with Gasteiger partial charge in [-0.2, -0.15) is 0 Å². The molecule has 0 heterocycles. The molecule has 0 saturated carbocycles. The van der Waals surface area contributed by atoms with E-state index in [-0.39, 0.29) is 37.9 Å². The lowest BCUT2D eigenvalue weighted by Crippen LogP contribution is -2.38. The molecule has 0 aromatic heterocycles. The van der Waals surface area contributed by atoms with Gasteiger partial charge in [-0.25, -0.2) is 0 Å². The smallest absolute Gasteiger partial charge is 0.00930 e. The first-order chi connectivity index (χ1) is 18.8. The largest absolute Gasteiger partial charge is 0.0645 e. The van der Waals surface area contributed by atoms with Gasteiger partial charge in [0.15, 0.2) is 0 Å². The average Bonchev–Trinajstić information content (AvgIpc) is 2.73. The standard InChI is InChI=1S/C43H72/c1-23-30(27-24-28(37(2,3)4)26-29(25-27)38(5,6)7)31-32(39(8,9)10)34(41(14,15)16)36(43(20,21)22)35(42(17,18)19)33(31)40(11,12)13/h24-26,30H,23H2,1-22H3. The van der Waals surface area contributed by atoms with Gasteiger partial charge in [-0.3, -0.25) is 0 Å². The van der Waals surface area contributed by atoms with Crippen molar-refractivity contribution < 1.29 is 0 Å². The lowest BCUT2D eigenvalue weighted by molar-refractivity contribution is 0.450. The molecule has 2 aromatic rings. The molecule has 0 amide bonds. The summed E-state index contributed by atoms with van der Waals surface area (Å²) in [6, 6.07) is 7.61. The van der Waals surface area contributed by atoms with E-state index in [9.17, 15) is 0 Å². The van der Waals surface area contributed by atoms with Crippen LogP contribution >= 0.6 is 0 Å². The normalized spacial score (nSPS) is 15.2. The number of hydrogen-bond donors (Lipinski definition) is 0. The molecule has 0 aliphatic rings. The predicted octanol–water partition coefficient (Wildman–Crippen LogP) is 13.3. The zero-order valence-corrected chi connectivity index (χ0v) is 33.0. The van der Waals surface area contributed by atoms with Gasteiger partial charge in [-0.1, -0.05) is 171 Å². The molecule has 0 bridgehead atoms. The van der Waals surface area contributed by atoms with Crippen molar-refractivity contribution >= 4 is 0 Å². The molecular formula is C43H72. The second-order valence-electron chi connectivity index (χ2n) is 20.8. The van der Waals surface area contributed by atoms with Crippen molar-refractivity contribution in [3.63, 3.8) is 0 Å². The van der Waals surface area contributed by atoms with E-state index in [2.05, 4.69) is 171 Å². The number of rotatable bonds is 3. The lowest BCUT2D eigenvalue weighted by atomic mass is 9.57. The first-order valence-electron chi connectivity index (χ1n) is 17.2. The van der Waals surface area contributed by atoms with Crippen LogP contribution in [0.2, 0.25) is 0 Å². The third-order valence-corrected chi connectivity index (χ3v) is 9.14. The van der Waals surface area contributed by atoms with Crippen LogP contribution in [-0.4, -0.2) is 0 Å². The van der Waals surface area contributed by atoms with Crippen molar-refractivity contribution in [2.75, 3.05) is 0 Å². The number of benzene rings is 2. The molecule has 0 saturated heterocycles. The van der Waals surface area contributed by atoms with Crippen molar-refractivity contribution in [3.8, 4) is 0 Å². The van der Waals surface area contributed by atoms with Crippen molar-refractivity contribution in [2.24, 2.45) is 0 Å². The Bertz CT molecular complexity index is 1210. The molecule has 0 aliphatic heterocycles. The van der Waals surface area contributed by atoms with Gasteiger partial charge in [0, 0.05) is 5.92 Å². The summed E-state index contributed by atoms with van der Waals surface area (Å²) < 4.78 is 0. The highest BCUT2D eigenvalue weighted by Crippen LogP contribution is 2.54. The predicted molar refractivity (Wildman–Crippen MR) is 196 cm³/mol. The fraction of sp³-hybridized carbons (Fsp3) is 0.721. The fourth-order valence-corrected chi connectivity index (χ4v) is 7.25. The Morgan fingerprint density at radius 1 is 0.372 bits per heavy atom. The second kappa shape index (κ2) is 11.4. The maximum absolute atomic E-state index is 2.56. The summed E-state index contributed by atoms with van der Waals surface area (Å²) in [6.07, 6.45) is 1.07. The highest BCUT2D eigenvalue weighted by atomic mass is 14.5. The third-order valence-electron chi connectivity index (χ3n) is 9.14. The van der Waals surface area contributed by atoms with Crippen LogP contribution < -0.4 is 0 Å². The van der Waals surface area contributed by atoms with Crippen LogP contribution in [0.25, 0.3) is 0 Å². The topological polar surface area (TPSA) is 0 Å². The molecule has 244 valence electrons. The highest BCUT2D eigenvalue weighted by molar-refractivity contribution is 5.65. The minimum absolute atomic E-state index is 0.00148. The maximum atomic E-state index is 2.56. The Balaban J connectivity index is 3.55. The first kappa shape index (κ1) is 37.6. The Morgan fingerprint density at radius 2 is 0.628 bits per heavy atom. The minimum Gasteiger partial charge on any atom is -0.0645 e. The monoisotopic (exact) mass is 589 g/mol. The molecule has 1 atom stereocenters. The summed E-state index contributed by atoms with van der Waals surface area (Å²) in [5.74, 6) is 0.308. The van der Waals surface area contributed by atoms with Gasteiger partial charge >= 0.3 is 0 Å². The van der Waals surface area contributed by atoms with Gasteiger partial charge in [0.25, 0.3) is 0 Å². The lowest BCUT2D eigenvalue weighted by Gasteiger charge is -2.47. The molecule has 0 fully saturated rings. The van der Waals surface area contributed by atoms with E-state index >= 15 is 0 Å². The summed E-state index contributed by atoms with van der Waals surface area (Å²) in [4.78, 5) is 0. The van der Waals surface area contributed by atoms with E-state index in [0.717, 1.165) is 6.42 Å². The second-order valence-corrected chi connectivity index (χ2v) is 20.8. The fourth-order valence-electron chi connectivity index (χ4n) is 7.25. The van der Waals surface area contributed by atoms with Crippen LogP contribution in [0.5, 0.6) is 0 Å². The molecule has 43 heavy (non-hydrogen) atoms. The summed E-state index contributed by atoms with van der Waals surface area (Å²) in [7, 11) is 0. The Kier molecular flexibility index (Phi) is 9.93. The third kappa shape index (κ3) is 8.00. The van der Waals surface area contributed by atoms with Gasteiger partial charge in [0.05, 0.1) is 0 Å². The van der Waals surface area contributed by atoms with Crippen molar-refractivity contribution in [1.82, 2.24) is 0 Å². The Labute approximate surface area is 270 Å². The molecule has 0 nitrogen and oxygen atoms in total. The van der Waals surface area contributed by atoms with Crippen molar-refractivity contribution in [1.29, 1.82) is 0 Å². The molecule has 0 spiro atoms. The van der Waals surface area contributed by atoms with Crippen LogP contribution in [0.1, 0.15) is 215 Å². The minimum atomic E-state index is -0.0176. The highest BCUT2D eigenvalue weighted by Gasteiger charge is 2.44. The summed E-state index contributed by atoms with van der Waals surface area (Å²) in [5, 5.41) is 0. The molecule has 2 rings (SSSR count). The molecule has 0 aliphatic carbocycles. The molecule has 1 unspecified atom stereocenters. The maximum Gasteiger partial charge on any atom is 0.00930 e. The van der Waals surface area contributed by atoms with Gasteiger partial charge < -0.3 is 0 Å². The van der Waals surface area contributed by atoms with Gasteiger partial charge in [0.1, 0.15) is 0 Å². The van der Waals surface area contributed by atoms with Crippen molar-refractivity contribution in [2.45, 2.75) is 203 Å². The van der Waals surface area contributed by atoms with E-state index in [4.69, 9.17) is 0 Å². The van der Waals surface area contributed by atoms with E-state index in [1.165, 1.54) is 16.7 Å². The molecule has 0 radical (unpaired) electrons. The Morgan fingerprint density at radius 3 is 0.837 bits per heavy atom. The van der Waals surface area contributed by atoms with Gasteiger partial charge in [-0.15, -0.1) is 0 Å². The van der Waals surface area contributed by atoms with Crippen LogP contribution in [0.15, 0.2) is 18.2 Å². The first-order valence-corrected chi connectivity index (χ1v) is 17.2. The van der Waals surface area contributed by atoms with Crippen LogP contribution in [0.3, 0.4) is 0 Å². The average molecular weight is 589 g/mol. The number of hydrogen-bond acceptors (Lipinski definition) is 0. The molecule has 0 N–H and O–H groups in total. The van der Waals surface area contributed by atoms with Gasteiger partial charge in [-0.05, 0) is 94.4 Å². The Hall–Kier alpha value is -1.56. The van der Waals surface area contributed by atoms with E-state index in [1.54, 1.807) is 33.4 Å². The molecule has 2 aromatic carbocycles. The van der Waals surface area contributed by atoms with Crippen molar-refractivity contribution in [3.05, 3.63) is 68.3 Å². The summed E-state index contributed by atoms with van der Waals surface area (Å²) in [6.45, 7) is 53.5.